The fourth-order valence-electron chi connectivity index (χ4n) is 2.42. The lowest BCUT2D eigenvalue weighted by molar-refractivity contribution is -0.120. The predicted molar refractivity (Wildman–Crippen MR) is 79.4 cm³/mol. The van der Waals surface area contributed by atoms with Crippen LogP contribution in [0.1, 0.15) is 29.7 Å². The summed E-state index contributed by atoms with van der Waals surface area (Å²) in [4.78, 5) is 23.5. The lowest BCUT2D eigenvalue weighted by atomic mass is 9.91. The number of halogens is 1. The molecule has 3 N–H and O–H groups in total. The van der Waals surface area contributed by atoms with E-state index in [4.69, 9.17) is 0 Å². The molecule has 0 atom stereocenters. The Balaban J connectivity index is 0.00000200. The first kappa shape index (κ1) is 16.7. The summed E-state index contributed by atoms with van der Waals surface area (Å²) in [6.07, 6.45) is 3.98. The van der Waals surface area contributed by atoms with Gasteiger partial charge in [0.05, 0.1) is 12.1 Å². The van der Waals surface area contributed by atoms with Crippen LogP contribution in [0.25, 0.3) is 0 Å². The number of hydrogen-bond donors (Lipinski definition) is 3. The van der Waals surface area contributed by atoms with Crippen molar-refractivity contribution in [3.63, 3.8) is 0 Å². The number of aromatic nitrogens is 2. The van der Waals surface area contributed by atoms with E-state index in [2.05, 4.69) is 20.8 Å². The number of hydrogen-bond acceptors (Lipinski definition) is 4. The average Bonchev–Trinajstić information content (AvgIpc) is 2.43. The lowest BCUT2D eigenvalue weighted by Crippen LogP contribution is -2.33. The molecule has 1 aliphatic rings. The number of fused-ring (bicyclic) bond motifs is 1. The summed E-state index contributed by atoms with van der Waals surface area (Å²) in [7, 11) is 1.84. The minimum atomic E-state index is -0.103. The van der Waals surface area contributed by atoms with Crippen molar-refractivity contribution in [3.8, 4) is 0 Å². The van der Waals surface area contributed by atoms with E-state index in [1.165, 1.54) is 0 Å². The number of amides is 1. The van der Waals surface area contributed by atoms with Gasteiger partial charge in [-0.05, 0) is 38.3 Å². The molecule has 0 fully saturated rings. The molecule has 0 spiro atoms. The summed E-state index contributed by atoms with van der Waals surface area (Å²) < 4.78 is 0. The van der Waals surface area contributed by atoms with Crippen LogP contribution in [0.15, 0.2) is 4.79 Å². The van der Waals surface area contributed by atoms with Gasteiger partial charge in [-0.3, -0.25) is 9.59 Å². The first-order chi connectivity index (χ1) is 9.22. The molecule has 0 unspecified atom stereocenters. The summed E-state index contributed by atoms with van der Waals surface area (Å²) in [5, 5.41) is 12.3. The molecule has 1 heterocycles. The number of aromatic amines is 1. The summed E-state index contributed by atoms with van der Waals surface area (Å²) in [6.45, 7) is 1.34. The Morgan fingerprint density at radius 3 is 2.65 bits per heavy atom. The quantitative estimate of drug-likeness (QED) is 0.665. The molecule has 1 aromatic heterocycles. The molecule has 7 heteroatoms. The van der Waals surface area contributed by atoms with E-state index in [0.29, 0.717) is 6.54 Å². The normalized spacial score (nSPS) is 13.2. The number of nitrogens with zero attached hydrogens (tertiary/aromatic N) is 1. The first-order valence-corrected chi connectivity index (χ1v) is 6.73. The highest BCUT2D eigenvalue weighted by Crippen LogP contribution is 2.20. The average molecular weight is 301 g/mol. The maximum absolute atomic E-state index is 11.8. The number of likely N-dealkylation sites (N-methyl/N-ethyl adjacent to an activating group) is 1. The molecule has 112 valence electrons. The van der Waals surface area contributed by atoms with Gasteiger partial charge in [0.25, 0.3) is 5.56 Å². The topological polar surface area (TPSA) is 86.9 Å². The number of nitrogens with one attached hydrogen (secondary N) is 3. The highest BCUT2D eigenvalue weighted by atomic mass is 35.5. The molecule has 0 aromatic carbocycles. The smallest absolute Gasteiger partial charge is 0.267 e. The van der Waals surface area contributed by atoms with Gasteiger partial charge in [-0.1, -0.05) is 0 Å². The van der Waals surface area contributed by atoms with Crippen LogP contribution in [0.4, 0.5) is 0 Å². The highest BCUT2D eigenvalue weighted by molar-refractivity contribution is 5.85. The van der Waals surface area contributed by atoms with E-state index in [1.54, 1.807) is 0 Å². The van der Waals surface area contributed by atoms with Crippen molar-refractivity contribution in [2.24, 2.45) is 0 Å². The number of H-pyrrole nitrogens is 1. The van der Waals surface area contributed by atoms with Crippen molar-refractivity contribution in [2.75, 3.05) is 20.1 Å². The monoisotopic (exact) mass is 300 g/mol. The van der Waals surface area contributed by atoms with Gasteiger partial charge >= 0.3 is 0 Å². The summed E-state index contributed by atoms with van der Waals surface area (Å²) in [5.74, 6) is -0.0532. The van der Waals surface area contributed by atoms with Crippen molar-refractivity contribution in [3.05, 3.63) is 27.2 Å². The molecule has 1 aromatic rings. The Hall–Kier alpha value is -1.40. The summed E-state index contributed by atoms with van der Waals surface area (Å²) in [5.41, 5.74) is 2.42. The van der Waals surface area contributed by atoms with E-state index in [-0.39, 0.29) is 30.3 Å². The third kappa shape index (κ3) is 4.05. The number of carbonyl (C=O) groups excluding carboxylic acids is 1. The summed E-state index contributed by atoms with van der Waals surface area (Å²) >= 11 is 0. The predicted octanol–water partition coefficient (Wildman–Crippen LogP) is -0.0514. The van der Waals surface area contributed by atoms with Crippen molar-refractivity contribution >= 4 is 18.3 Å². The third-order valence-electron chi connectivity index (χ3n) is 3.41. The van der Waals surface area contributed by atoms with E-state index < -0.39 is 0 Å². The van der Waals surface area contributed by atoms with Crippen LogP contribution in [0.5, 0.6) is 0 Å². The number of carbonyl (C=O) groups is 1. The van der Waals surface area contributed by atoms with Crippen LogP contribution < -0.4 is 16.2 Å². The minimum absolute atomic E-state index is 0. The largest absolute Gasteiger partial charge is 0.354 e. The molecule has 6 nitrogen and oxygen atoms in total. The van der Waals surface area contributed by atoms with Gasteiger partial charge in [0.2, 0.25) is 5.91 Å². The van der Waals surface area contributed by atoms with Crippen LogP contribution in [-0.2, 0) is 24.1 Å². The standard InChI is InChI=1S/C13H20N4O2.ClH/c1-14-6-7-15-12(18)8-11-9-4-2-3-5-10(9)13(19)17-16-11;/h14H,2-8H2,1H3,(H,15,18)(H,17,19);1H. The maximum Gasteiger partial charge on any atom is 0.267 e. The summed E-state index contributed by atoms with van der Waals surface area (Å²) in [6, 6.07) is 0. The van der Waals surface area contributed by atoms with Gasteiger partial charge in [-0.2, -0.15) is 5.10 Å². The molecule has 0 aliphatic heterocycles. The first-order valence-electron chi connectivity index (χ1n) is 6.73. The lowest BCUT2D eigenvalue weighted by Gasteiger charge is -2.17. The molecule has 0 saturated carbocycles. The molecule has 0 radical (unpaired) electrons. The van der Waals surface area contributed by atoms with Crippen LogP contribution >= 0.6 is 12.4 Å². The zero-order valence-corrected chi connectivity index (χ0v) is 12.4. The van der Waals surface area contributed by atoms with Crippen LogP contribution in [0.3, 0.4) is 0 Å². The number of rotatable bonds is 5. The van der Waals surface area contributed by atoms with Crippen molar-refractivity contribution in [2.45, 2.75) is 32.1 Å². The zero-order valence-electron chi connectivity index (χ0n) is 11.6. The molecule has 0 bridgehead atoms. The third-order valence-corrected chi connectivity index (χ3v) is 3.41. The SMILES string of the molecule is CNCCNC(=O)Cc1n[nH]c(=O)c2c1CCCC2.Cl. The van der Waals surface area contributed by atoms with Crippen LogP contribution in [-0.4, -0.2) is 36.2 Å². The van der Waals surface area contributed by atoms with E-state index in [1.807, 2.05) is 7.05 Å². The molecule has 0 saturated heterocycles. The Bertz CT molecular complexity index is 516. The Morgan fingerprint density at radius 2 is 1.95 bits per heavy atom. The van der Waals surface area contributed by atoms with E-state index in [9.17, 15) is 9.59 Å². The molecule has 1 amide bonds. The zero-order chi connectivity index (χ0) is 13.7. The van der Waals surface area contributed by atoms with Crippen molar-refractivity contribution in [1.82, 2.24) is 20.8 Å². The van der Waals surface area contributed by atoms with Gasteiger partial charge in [0, 0.05) is 18.7 Å². The molecule has 1 aliphatic carbocycles. The van der Waals surface area contributed by atoms with Gasteiger partial charge in [-0.15, -0.1) is 12.4 Å². The molecular formula is C13H21ClN4O2. The van der Waals surface area contributed by atoms with Gasteiger partial charge < -0.3 is 10.6 Å². The van der Waals surface area contributed by atoms with E-state index in [0.717, 1.165) is 49.0 Å². The Morgan fingerprint density at radius 1 is 1.25 bits per heavy atom. The molecule has 2 rings (SSSR count). The van der Waals surface area contributed by atoms with Gasteiger partial charge in [0.15, 0.2) is 0 Å². The van der Waals surface area contributed by atoms with Crippen molar-refractivity contribution in [1.29, 1.82) is 0 Å². The van der Waals surface area contributed by atoms with Gasteiger partial charge in [-0.25, -0.2) is 5.10 Å². The second kappa shape index (κ2) is 8.01. The van der Waals surface area contributed by atoms with Crippen LogP contribution in [0, 0.1) is 0 Å². The Kier molecular flexibility index (Phi) is 6.67. The highest BCUT2D eigenvalue weighted by Gasteiger charge is 2.19. The fourth-order valence-corrected chi connectivity index (χ4v) is 2.42. The maximum atomic E-state index is 11.8. The second-order valence-electron chi connectivity index (χ2n) is 4.79. The van der Waals surface area contributed by atoms with Crippen LogP contribution in [0.2, 0.25) is 0 Å². The van der Waals surface area contributed by atoms with Gasteiger partial charge in [0.1, 0.15) is 0 Å². The van der Waals surface area contributed by atoms with E-state index >= 15 is 0 Å². The minimum Gasteiger partial charge on any atom is -0.354 e. The second-order valence-corrected chi connectivity index (χ2v) is 4.79. The van der Waals surface area contributed by atoms with Crippen molar-refractivity contribution < 1.29 is 4.79 Å². The Labute approximate surface area is 124 Å². The molecular weight excluding hydrogens is 280 g/mol. The molecule has 20 heavy (non-hydrogen) atoms. The fraction of sp³-hybridized carbons (Fsp3) is 0.615.